The van der Waals surface area contributed by atoms with Gasteiger partial charge in [-0.1, -0.05) is 12.8 Å². The zero-order chi connectivity index (χ0) is 14.7. The molecule has 122 valence electrons. The van der Waals surface area contributed by atoms with Crippen molar-refractivity contribution < 1.29 is 0 Å². The van der Waals surface area contributed by atoms with Gasteiger partial charge in [-0.05, 0) is 77.0 Å². The summed E-state index contributed by atoms with van der Waals surface area (Å²) in [6, 6.07) is 0.863. The first-order valence-corrected chi connectivity index (χ1v) is 9.26. The van der Waals surface area contributed by atoms with Crippen LogP contribution in [0.4, 0.5) is 0 Å². The van der Waals surface area contributed by atoms with E-state index < -0.39 is 0 Å². The highest BCUT2D eigenvalue weighted by Crippen LogP contribution is 2.39. The third-order valence-corrected chi connectivity index (χ3v) is 6.02. The predicted octanol–water partition coefficient (Wildman–Crippen LogP) is 2.57. The third kappa shape index (κ3) is 4.67. The molecule has 0 radical (unpaired) electrons. The molecule has 0 amide bonds. The molecule has 0 aromatic rings. The summed E-state index contributed by atoms with van der Waals surface area (Å²) in [5.41, 5.74) is 0.586. The molecular formula is C18H35N3. The van der Waals surface area contributed by atoms with Crippen molar-refractivity contribution in [2.75, 3.05) is 46.8 Å². The van der Waals surface area contributed by atoms with Crippen LogP contribution in [-0.4, -0.2) is 62.7 Å². The second-order valence-electron chi connectivity index (χ2n) is 8.31. The number of piperidine rings is 1. The van der Waals surface area contributed by atoms with Gasteiger partial charge in [-0.25, -0.2) is 0 Å². The fraction of sp³-hybridized carbons (Fsp3) is 1.00. The molecule has 3 heteroatoms. The van der Waals surface area contributed by atoms with Crippen LogP contribution in [0.15, 0.2) is 0 Å². The van der Waals surface area contributed by atoms with E-state index in [2.05, 4.69) is 29.2 Å². The standard InChI is InChI=1S/C18H35N3/c1-20-11-7-16(8-12-20)13-21(2)15-18(9-3-4-10-18)14-19-17-5-6-17/h16-17,19H,3-15H2,1-2H3. The smallest absolute Gasteiger partial charge is 0.00684 e. The highest BCUT2D eigenvalue weighted by atomic mass is 15.1. The van der Waals surface area contributed by atoms with Gasteiger partial charge in [-0.2, -0.15) is 0 Å². The van der Waals surface area contributed by atoms with Crippen molar-refractivity contribution in [3.8, 4) is 0 Å². The molecule has 3 aliphatic rings. The van der Waals surface area contributed by atoms with Crippen molar-refractivity contribution >= 4 is 0 Å². The maximum atomic E-state index is 3.82. The van der Waals surface area contributed by atoms with Gasteiger partial charge >= 0.3 is 0 Å². The van der Waals surface area contributed by atoms with Crippen LogP contribution in [0.2, 0.25) is 0 Å². The number of nitrogens with zero attached hydrogens (tertiary/aromatic N) is 2. The zero-order valence-electron chi connectivity index (χ0n) is 14.2. The Morgan fingerprint density at radius 1 is 1.10 bits per heavy atom. The van der Waals surface area contributed by atoms with Crippen LogP contribution in [0.25, 0.3) is 0 Å². The van der Waals surface area contributed by atoms with E-state index in [1.807, 2.05) is 0 Å². The molecule has 1 heterocycles. The molecule has 0 bridgehead atoms. The highest BCUT2D eigenvalue weighted by molar-refractivity contribution is 4.92. The Morgan fingerprint density at radius 2 is 1.76 bits per heavy atom. The van der Waals surface area contributed by atoms with Crippen LogP contribution in [-0.2, 0) is 0 Å². The summed E-state index contributed by atoms with van der Waals surface area (Å²) in [5, 5.41) is 3.82. The Bertz CT molecular complexity index is 312. The van der Waals surface area contributed by atoms with E-state index in [1.54, 1.807) is 0 Å². The number of likely N-dealkylation sites (tertiary alicyclic amines) is 1. The summed E-state index contributed by atoms with van der Waals surface area (Å²) >= 11 is 0. The summed E-state index contributed by atoms with van der Waals surface area (Å²) in [4.78, 5) is 5.14. The summed E-state index contributed by atoms with van der Waals surface area (Å²) in [6.45, 7) is 6.51. The van der Waals surface area contributed by atoms with Crippen LogP contribution >= 0.6 is 0 Å². The topological polar surface area (TPSA) is 18.5 Å². The van der Waals surface area contributed by atoms with Crippen molar-refractivity contribution in [3.05, 3.63) is 0 Å². The molecule has 1 saturated heterocycles. The van der Waals surface area contributed by atoms with Crippen molar-refractivity contribution in [2.24, 2.45) is 11.3 Å². The van der Waals surface area contributed by atoms with E-state index in [0.717, 1.165) is 12.0 Å². The molecular weight excluding hydrogens is 258 g/mol. The van der Waals surface area contributed by atoms with Gasteiger partial charge < -0.3 is 15.1 Å². The maximum absolute atomic E-state index is 3.82. The van der Waals surface area contributed by atoms with Crippen LogP contribution < -0.4 is 5.32 Å². The molecule has 0 aromatic heterocycles. The Morgan fingerprint density at radius 3 is 2.38 bits per heavy atom. The van der Waals surface area contributed by atoms with Crippen LogP contribution in [0.3, 0.4) is 0 Å². The lowest BCUT2D eigenvalue weighted by Gasteiger charge is -2.37. The predicted molar refractivity (Wildman–Crippen MR) is 89.6 cm³/mol. The molecule has 0 spiro atoms. The molecule has 0 atom stereocenters. The van der Waals surface area contributed by atoms with Crippen molar-refractivity contribution in [2.45, 2.75) is 57.4 Å². The van der Waals surface area contributed by atoms with Crippen LogP contribution in [0.1, 0.15) is 51.4 Å². The summed E-state index contributed by atoms with van der Waals surface area (Å²) in [7, 11) is 4.63. The number of hydrogen-bond donors (Lipinski definition) is 1. The Balaban J connectivity index is 1.45. The molecule has 21 heavy (non-hydrogen) atoms. The van der Waals surface area contributed by atoms with Gasteiger partial charge in [0.05, 0.1) is 0 Å². The second kappa shape index (κ2) is 6.97. The molecule has 3 fully saturated rings. The quantitative estimate of drug-likeness (QED) is 0.778. The second-order valence-corrected chi connectivity index (χ2v) is 8.31. The van der Waals surface area contributed by atoms with Gasteiger partial charge in [-0.15, -0.1) is 0 Å². The minimum absolute atomic E-state index is 0.586. The molecule has 3 rings (SSSR count). The first-order valence-electron chi connectivity index (χ1n) is 9.26. The van der Waals surface area contributed by atoms with E-state index in [1.165, 1.54) is 84.1 Å². The lowest BCUT2D eigenvalue weighted by atomic mass is 9.85. The molecule has 1 aliphatic heterocycles. The molecule has 3 nitrogen and oxygen atoms in total. The van der Waals surface area contributed by atoms with Crippen molar-refractivity contribution in [1.29, 1.82) is 0 Å². The fourth-order valence-corrected chi connectivity index (χ4v) is 4.49. The Hall–Kier alpha value is -0.120. The number of hydrogen-bond acceptors (Lipinski definition) is 3. The number of nitrogens with one attached hydrogen (secondary N) is 1. The van der Waals surface area contributed by atoms with Crippen LogP contribution in [0, 0.1) is 11.3 Å². The van der Waals surface area contributed by atoms with E-state index in [4.69, 9.17) is 0 Å². The van der Waals surface area contributed by atoms with Crippen molar-refractivity contribution in [3.63, 3.8) is 0 Å². The van der Waals surface area contributed by atoms with Gasteiger partial charge in [0.25, 0.3) is 0 Å². The van der Waals surface area contributed by atoms with E-state index in [-0.39, 0.29) is 0 Å². The average molecular weight is 293 g/mol. The average Bonchev–Trinajstić information content (AvgIpc) is 3.19. The minimum atomic E-state index is 0.586. The first-order chi connectivity index (χ1) is 10.2. The summed E-state index contributed by atoms with van der Waals surface area (Å²) in [6.07, 6.45) is 11.4. The maximum Gasteiger partial charge on any atom is 0.00684 e. The van der Waals surface area contributed by atoms with Gasteiger partial charge in [0, 0.05) is 25.7 Å². The van der Waals surface area contributed by atoms with E-state index in [0.29, 0.717) is 5.41 Å². The normalized spacial score (nSPS) is 27.6. The summed E-state index contributed by atoms with van der Waals surface area (Å²) in [5.74, 6) is 0.932. The van der Waals surface area contributed by atoms with Crippen LogP contribution in [0.5, 0.6) is 0 Å². The minimum Gasteiger partial charge on any atom is -0.313 e. The highest BCUT2D eigenvalue weighted by Gasteiger charge is 2.36. The van der Waals surface area contributed by atoms with Gasteiger partial charge in [0.1, 0.15) is 0 Å². The molecule has 2 aliphatic carbocycles. The summed E-state index contributed by atoms with van der Waals surface area (Å²) < 4.78 is 0. The zero-order valence-corrected chi connectivity index (χ0v) is 14.2. The van der Waals surface area contributed by atoms with E-state index in [9.17, 15) is 0 Å². The first kappa shape index (κ1) is 15.8. The molecule has 1 N–H and O–H groups in total. The molecule has 2 saturated carbocycles. The van der Waals surface area contributed by atoms with Gasteiger partial charge in [0.2, 0.25) is 0 Å². The third-order valence-electron chi connectivity index (χ3n) is 6.02. The van der Waals surface area contributed by atoms with Crippen molar-refractivity contribution in [1.82, 2.24) is 15.1 Å². The Kier molecular flexibility index (Phi) is 5.23. The van der Waals surface area contributed by atoms with Gasteiger partial charge in [0.15, 0.2) is 0 Å². The molecule has 0 aromatic carbocycles. The monoisotopic (exact) mass is 293 g/mol. The SMILES string of the molecule is CN1CCC(CN(C)CC2(CNC3CC3)CCCC2)CC1. The lowest BCUT2D eigenvalue weighted by Crippen LogP contribution is -2.44. The molecule has 0 unspecified atom stereocenters. The largest absolute Gasteiger partial charge is 0.313 e. The lowest BCUT2D eigenvalue weighted by molar-refractivity contribution is 0.129. The fourth-order valence-electron chi connectivity index (χ4n) is 4.49. The van der Waals surface area contributed by atoms with E-state index >= 15 is 0 Å². The Labute approximate surface area is 131 Å². The van der Waals surface area contributed by atoms with Gasteiger partial charge in [-0.3, -0.25) is 0 Å². The number of rotatable bonds is 7.